The van der Waals surface area contributed by atoms with Gasteiger partial charge >= 0.3 is 0 Å². The molecule has 0 spiro atoms. The molecule has 6 nitrogen and oxygen atoms in total. The molecule has 2 atom stereocenters. The van der Waals surface area contributed by atoms with Crippen molar-refractivity contribution in [3.8, 4) is 5.75 Å². The molecule has 1 amide bonds. The molecule has 0 bridgehead atoms. The van der Waals surface area contributed by atoms with Crippen molar-refractivity contribution in [2.45, 2.75) is 12.1 Å². The minimum absolute atomic E-state index is 0.00738. The summed E-state index contributed by atoms with van der Waals surface area (Å²) >= 11 is 0. The summed E-state index contributed by atoms with van der Waals surface area (Å²) in [7, 11) is 5.53. The largest absolute Gasteiger partial charge is 0.497 e. The smallest absolute Gasteiger partial charge is 0.242 e. The van der Waals surface area contributed by atoms with E-state index in [9.17, 15) is 4.79 Å². The molecule has 1 heterocycles. The number of likely N-dealkylation sites (N-methyl/N-ethyl adjacent to an activating group) is 1. The van der Waals surface area contributed by atoms with E-state index in [1.807, 2.05) is 61.5 Å². The first-order valence-electron chi connectivity index (χ1n) is 10.0. The van der Waals surface area contributed by atoms with Gasteiger partial charge < -0.3 is 14.8 Å². The van der Waals surface area contributed by atoms with E-state index >= 15 is 0 Å². The van der Waals surface area contributed by atoms with E-state index in [-0.39, 0.29) is 18.0 Å². The number of carbonyl (C=O) groups is 1. The molecular weight excluding hydrogens is 366 g/mol. The van der Waals surface area contributed by atoms with Gasteiger partial charge in [0.2, 0.25) is 5.91 Å². The van der Waals surface area contributed by atoms with Gasteiger partial charge in [-0.2, -0.15) is 0 Å². The number of amides is 1. The standard InChI is InChI=1S/C23H31N3O3/c1-25(2)22(19-7-5-4-6-8-19)23(27)24-17-21(26-13-15-29-16-14-26)18-9-11-20(28-3)12-10-18/h4-12,21-22H,13-17H2,1-3H3,(H,24,27). The minimum atomic E-state index is -0.322. The van der Waals surface area contributed by atoms with E-state index < -0.39 is 0 Å². The monoisotopic (exact) mass is 397 g/mol. The molecule has 2 aromatic rings. The van der Waals surface area contributed by atoms with Crippen LogP contribution in [0.25, 0.3) is 0 Å². The van der Waals surface area contributed by atoms with Gasteiger partial charge in [0.15, 0.2) is 0 Å². The van der Waals surface area contributed by atoms with Crippen LogP contribution in [0.1, 0.15) is 23.2 Å². The summed E-state index contributed by atoms with van der Waals surface area (Å²) in [5.74, 6) is 0.836. The molecule has 1 aliphatic rings. The Hall–Kier alpha value is -2.41. The highest BCUT2D eigenvalue weighted by Crippen LogP contribution is 2.24. The van der Waals surface area contributed by atoms with Crippen molar-refractivity contribution in [1.82, 2.24) is 15.1 Å². The Morgan fingerprint density at radius 2 is 1.72 bits per heavy atom. The summed E-state index contributed by atoms with van der Waals surface area (Å²) in [6, 6.07) is 17.7. The summed E-state index contributed by atoms with van der Waals surface area (Å²) in [5, 5.41) is 3.19. The minimum Gasteiger partial charge on any atom is -0.497 e. The predicted octanol–water partition coefficient (Wildman–Crippen LogP) is 2.49. The lowest BCUT2D eigenvalue weighted by Gasteiger charge is -2.35. The number of methoxy groups -OCH3 is 1. The van der Waals surface area contributed by atoms with E-state index in [0.717, 1.165) is 30.0 Å². The third kappa shape index (κ3) is 5.56. The number of carbonyl (C=O) groups excluding carboxylic acids is 1. The lowest BCUT2D eigenvalue weighted by molar-refractivity contribution is -0.126. The molecule has 0 radical (unpaired) electrons. The summed E-state index contributed by atoms with van der Waals surface area (Å²) in [6.45, 7) is 3.67. The zero-order valence-corrected chi connectivity index (χ0v) is 17.5. The van der Waals surface area contributed by atoms with Gasteiger partial charge in [-0.05, 0) is 37.4 Å². The summed E-state index contributed by atoms with van der Waals surface area (Å²) in [6.07, 6.45) is 0. The number of hydrogen-bond acceptors (Lipinski definition) is 5. The normalized spacial score (nSPS) is 17.0. The van der Waals surface area contributed by atoms with Crippen molar-refractivity contribution in [3.63, 3.8) is 0 Å². The Bertz CT molecular complexity index is 759. The molecule has 2 aromatic carbocycles. The third-order valence-corrected chi connectivity index (χ3v) is 5.34. The Morgan fingerprint density at radius 1 is 1.07 bits per heavy atom. The maximum atomic E-state index is 13.1. The van der Waals surface area contributed by atoms with Gasteiger partial charge in [0.25, 0.3) is 0 Å². The van der Waals surface area contributed by atoms with Gasteiger partial charge in [-0.3, -0.25) is 14.6 Å². The number of rotatable bonds is 8. The Kier molecular flexibility index (Phi) is 7.63. The van der Waals surface area contributed by atoms with Crippen LogP contribution in [0.4, 0.5) is 0 Å². The second kappa shape index (κ2) is 10.4. The average molecular weight is 398 g/mol. The van der Waals surface area contributed by atoms with Crippen LogP contribution in [0.5, 0.6) is 5.75 Å². The fourth-order valence-corrected chi connectivity index (χ4v) is 3.79. The lowest BCUT2D eigenvalue weighted by atomic mass is 10.0. The number of morpholine rings is 1. The number of ether oxygens (including phenoxy) is 2. The van der Waals surface area contributed by atoms with Gasteiger partial charge in [0.05, 0.1) is 26.4 Å². The Morgan fingerprint density at radius 3 is 2.31 bits per heavy atom. The second-order valence-electron chi connectivity index (χ2n) is 7.46. The zero-order valence-electron chi connectivity index (χ0n) is 17.5. The molecule has 0 saturated carbocycles. The maximum absolute atomic E-state index is 13.1. The van der Waals surface area contributed by atoms with E-state index in [0.29, 0.717) is 19.8 Å². The maximum Gasteiger partial charge on any atom is 0.242 e. The van der Waals surface area contributed by atoms with Gasteiger partial charge in [0.1, 0.15) is 11.8 Å². The Balaban J connectivity index is 1.75. The zero-order chi connectivity index (χ0) is 20.6. The molecular formula is C23H31N3O3. The van der Waals surface area contributed by atoms with Crippen LogP contribution in [0.15, 0.2) is 54.6 Å². The van der Waals surface area contributed by atoms with Crippen LogP contribution >= 0.6 is 0 Å². The summed E-state index contributed by atoms with van der Waals surface area (Å²) in [5.41, 5.74) is 2.15. The molecule has 6 heteroatoms. The van der Waals surface area contributed by atoms with Crippen molar-refractivity contribution in [1.29, 1.82) is 0 Å². The van der Waals surface area contributed by atoms with E-state index in [4.69, 9.17) is 9.47 Å². The number of nitrogens with one attached hydrogen (secondary N) is 1. The van der Waals surface area contributed by atoms with Crippen LogP contribution in [0.3, 0.4) is 0 Å². The van der Waals surface area contributed by atoms with Gasteiger partial charge in [-0.15, -0.1) is 0 Å². The first kappa shape index (κ1) is 21.3. The molecule has 1 aliphatic heterocycles. The van der Waals surface area contributed by atoms with Gasteiger partial charge in [-0.25, -0.2) is 0 Å². The summed E-state index contributed by atoms with van der Waals surface area (Å²) in [4.78, 5) is 17.4. The SMILES string of the molecule is COc1ccc(C(CNC(=O)C(c2ccccc2)N(C)C)N2CCOCC2)cc1. The van der Waals surface area contributed by atoms with Crippen molar-refractivity contribution in [3.05, 3.63) is 65.7 Å². The number of hydrogen-bond donors (Lipinski definition) is 1. The average Bonchev–Trinajstić information content (AvgIpc) is 2.76. The van der Waals surface area contributed by atoms with Crippen molar-refractivity contribution in [2.75, 3.05) is 54.1 Å². The van der Waals surface area contributed by atoms with Crippen LogP contribution in [0.2, 0.25) is 0 Å². The van der Waals surface area contributed by atoms with Gasteiger partial charge in [0, 0.05) is 19.6 Å². The highest BCUT2D eigenvalue weighted by atomic mass is 16.5. The first-order valence-corrected chi connectivity index (χ1v) is 10.0. The molecule has 29 heavy (non-hydrogen) atoms. The molecule has 1 N–H and O–H groups in total. The molecule has 1 fully saturated rings. The van der Waals surface area contributed by atoms with E-state index in [1.54, 1.807) is 7.11 Å². The fraction of sp³-hybridized carbons (Fsp3) is 0.435. The third-order valence-electron chi connectivity index (χ3n) is 5.34. The number of benzene rings is 2. The first-order chi connectivity index (χ1) is 14.1. The van der Waals surface area contributed by atoms with Crippen LogP contribution in [0, 0.1) is 0 Å². The van der Waals surface area contributed by atoms with E-state index in [2.05, 4.69) is 22.3 Å². The molecule has 3 rings (SSSR count). The van der Waals surface area contributed by atoms with E-state index in [1.165, 1.54) is 0 Å². The summed E-state index contributed by atoms with van der Waals surface area (Å²) < 4.78 is 10.8. The fourth-order valence-electron chi connectivity index (χ4n) is 3.79. The highest BCUT2D eigenvalue weighted by molar-refractivity contribution is 5.83. The topological polar surface area (TPSA) is 54.0 Å². The molecule has 1 saturated heterocycles. The molecule has 156 valence electrons. The molecule has 0 aliphatic carbocycles. The lowest BCUT2D eigenvalue weighted by Crippen LogP contribution is -2.45. The van der Waals surface area contributed by atoms with Crippen LogP contribution < -0.4 is 10.1 Å². The second-order valence-corrected chi connectivity index (χ2v) is 7.46. The number of nitrogens with zero attached hydrogens (tertiary/aromatic N) is 2. The quantitative estimate of drug-likeness (QED) is 0.742. The highest BCUT2D eigenvalue weighted by Gasteiger charge is 2.27. The van der Waals surface area contributed by atoms with Crippen LogP contribution in [-0.4, -0.2) is 69.8 Å². The van der Waals surface area contributed by atoms with Crippen LogP contribution in [-0.2, 0) is 9.53 Å². The Labute approximate surface area is 173 Å². The van der Waals surface area contributed by atoms with Gasteiger partial charge in [-0.1, -0.05) is 42.5 Å². The molecule has 2 unspecified atom stereocenters. The van der Waals surface area contributed by atoms with Crippen molar-refractivity contribution >= 4 is 5.91 Å². The van der Waals surface area contributed by atoms with Crippen molar-refractivity contribution < 1.29 is 14.3 Å². The van der Waals surface area contributed by atoms with Crippen molar-refractivity contribution in [2.24, 2.45) is 0 Å². The predicted molar refractivity (Wildman–Crippen MR) is 114 cm³/mol. The molecule has 0 aromatic heterocycles.